The van der Waals surface area contributed by atoms with Crippen molar-refractivity contribution in [3.05, 3.63) is 59.7 Å². The number of hydrogen-bond donors (Lipinski definition) is 2. The minimum atomic E-state index is -1.25. The van der Waals surface area contributed by atoms with Crippen LogP contribution in [-0.4, -0.2) is 24.2 Å². The summed E-state index contributed by atoms with van der Waals surface area (Å²) >= 11 is 0. The quantitative estimate of drug-likeness (QED) is 0.887. The summed E-state index contributed by atoms with van der Waals surface area (Å²) in [5.74, 6) is -0.681. The highest BCUT2D eigenvalue weighted by molar-refractivity contribution is 5.97. The summed E-state index contributed by atoms with van der Waals surface area (Å²) in [7, 11) is 1.49. The van der Waals surface area contributed by atoms with Gasteiger partial charge >= 0.3 is 12.0 Å². The van der Waals surface area contributed by atoms with Gasteiger partial charge in [0.1, 0.15) is 5.75 Å². The molecule has 23 heavy (non-hydrogen) atoms. The molecular weight excluding hydrogens is 296 g/mol. The highest BCUT2D eigenvalue weighted by atomic mass is 16.5. The fourth-order valence-corrected chi connectivity index (χ4v) is 2.32. The number of carbonyl (C=O) groups is 2. The third-order valence-corrected chi connectivity index (χ3v) is 3.45. The van der Waals surface area contributed by atoms with Crippen molar-refractivity contribution < 1.29 is 19.4 Å². The van der Waals surface area contributed by atoms with Crippen molar-refractivity contribution in [2.24, 2.45) is 5.73 Å². The number of nitrogens with two attached hydrogens (primary N) is 1. The van der Waals surface area contributed by atoms with Crippen LogP contribution in [0.1, 0.15) is 17.2 Å². The van der Waals surface area contributed by atoms with Gasteiger partial charge in [-0.15, -0.1) is 0 Å². The molecular formula is C17H18N2O4. The number of carbonyl (C=O) groups excluding carboxylic acids is 1. The Bertz CT molecular complexity index is 713. The summed E-state index contributed by atoms with van der Waals surface area (Å²) in [6.07, 6.45) is 0. The summed E-state index contributed by atoms with van der Waals surface area (Å²) < 4.78 is 5.12. The Labute approximate surface area is 134 Å². The molecule has 0 radical (unpaired) electrons. The van der Waals surface area contributed by atoms with E-state index in [1.165, 1.54) is 7.11 Å². The van der Waals surface area contributed by atoms with Gasteiger partial charge in [-0.25, -0.2) is 9.59 Å². The van der Waals surface area contributed by atoms with E-state index in [2.05, 4.69) is 0 Å². The lowest BCUT2D eigenvalue weighted by Crippen LogP contribution is -2.42. The fraction of sp³-hybridized carbons (Fsp3) is 0.176. The van der Waals surface area contributed by atoms with Gasteiger partial charge < -0.3 is 15.6 Å². The van der Waals surface area contributed by atoms with Crippen molar-refractivity contribution in [1.29, 1.82) is 0 Å². The number of nitrogens with zero attached hydrogens (tertiary/aromatic N) is 1. The van der Waals surface area contributed by atoms with Gasteiger partial charge in [0.05, 0.1) is 7.11 Å². The molecule has 0 spiro atoms. The van der Waals surface area contributed by atoms with E-state index in [0.29, 0.717) is 17.0 Å². The van der Waals surface area contributed by atoms with Crippen molar-refractivity contribution in [2.75, 3.05) is 12.0 Å². The van der Waals surface area contributed by atoms with Crippen molar-refractivity contribution in [2.45, 2.75) is 13.0 Å². The van der Waals surface area contributed by atoms with E-state index in [4.69, 9.17) is 10.5 Å². The number of rotatable bonds is 5. The second kappa shape index (κ2) is 6.83. The van der Waals surface area contributed by atoms with Crippen LogP contribution in [0.2, 0.25) is 0 Å². The summed E-state index contributed by atoms with van der Waals surface area (Å²) in [5.41, 5.74) is 7.25. The molecule has 0 saturated heterocycles. The summed E-state index contributed by atoms with van der Waals surface area (Å²) in [4.78, 5) is 24.8. The third-order valence-electron chi connectivity index (χ3n) is 3.45. The average Bonchev–Trinajstić information content (AvgIpc) is 2.53. The number of anilines is 1. The Morgan fingerprint density at radius 1 is 1.17 bits per heavy atom. The smallest absolute Gasteiger partial charge is 0.331 e. The van der Waals surface area contributed by atoms with Gasteiger partial charge in [-0.05, 0) is 36.8 Å². The SMILES string of the molecule is COc1cccc(C(C(=O)O)N(C(N)=O)c2ccc(C)cc2)c1. The van der Waals surface area contributed by atoms with E-state index >= 15 is 0 Å². The van der Waals surface area contributed by atoms with Crippen molar-refractivity contribution in [1.82, 2.24) is 0 Å². The normalized spacial score (nSPS) is 11.6. The molecule has 0 aliphatic heterocycles. The van der Waals surface area contributed by atoms with Crippen LogP contribution < -0.4 is 15.4 Å². The van der Waals surface area contributed by atoms with Crippen LogP contribution in [0.15, 0.2) is 48.5 Å². The zero-order chi connectivity index (χ0) is 17.0. The molecule has 0 saturated carbocycles. The molecule has 0 fully saturated rings. The van der Waals surface area contributed by atoms with Crippen LogP contribution in [0.3, 0.4) is 0 Å². The molecule has 3 N–H and O–H groups in total. The minimum absolute atomic E-state index is 0.399. The number of urea groups is 1. The molecule has 1 atom stereocenters. The molecule has 1 unspecified atom stereocenters. The van der Waals surface area contributed by atoms with Crippen LogP contribution in [0.5, 0.6) is 5.75 Å². The number of methoxy groups -OCH3 is 1. The van der Waals surface area contributed by atoms with E-state index in [-0.39, 0.29) is 0 Å². The zero-order valence-electron chi connectivity index (χ0n) is 12.9. The van der Waals surface area contributed by atoms with Gasteiger partial charge in [-0.1, -0.05) is 29.8 Å². The number of aliphatic carboxylic acids is 1. The minimum Gasteiger partial charge on any atom is -0.497 e. The molecule has 2 aromatic rings. The van der Waals surface area contributed by atoms with E-state index in [1.54, 1.807) is 48.5 Å². The number of carboxylic acid groups (broad SMARTS) is 1. The average molecular weight is 314 g/mol. The molecule has 6 heteroatoms. The molecule has 2 amide bonds. The predicted octanol–water partition coefficient (Wildman–Crippen LogP) is 2.71. The topological polar surface area (TPSA) is 92.9 Å². The number of primary amides is 1. The fourth-order valence-electron chi connectivity index (χ4n) is 2.32. The van der Waals surface area contributed by atoms with Crippen LogP contribution >= 0.6 is 0 Å². The van der Waals surface area contributed by atoms with E-state index in [1.807, 2.05) is 6.92 Å². The van der Waals surface area contributed by atoms with Gasteiger partial charge in [0.15, 0.2) is 6.04 Å². The lowest BCUT2D eigenvalue weighted by molar-refractivity contribution is -0.138. The molecule has 0 aliphatic carbocycles. The Morgan fingerprint density at radius 3 is 2.35 bits per heavy atom. The second-order valence-corrected chi connectivity index (χ2v) is 5.06. The highest BCUT2D eigenvalue weighted by Gasteiger charge is 2.31. The number of carboxylic acids is 1. The standard InChI is InChI=1S/C17H18N2O4/c1-11-6-8-13(9-7-11)19(17(18)22)15(16(20)21)12-4-3-5-14(10-12)23-2/h3-10,15H,1-2H3,(H2,18,22)(H,20,21). The Kier molecular flexibility index (Phi) is 4.85. The highest BCUT2D eigenvalue weighted by Crippen LogP contribution is 2.29. The first-order valence-electron chi connectivity index (χ1n) is 6.96. The molecule has 120 valence electrons. The molecule has 0 aliphatic rings. The van der Waals surface area contributed by atoms with Crippen molar-refractivity contribution in [3.8, 4) is 5.75 Å². The monoisotopic (exact) mass is 314 g/mol. The zero-order valence-corrected chi connectivity index (χ0v) is 12.9. The predicted molar refractivity (Wildman–Crippen MR) is 86.6 cm³/mol. The van der Waals surface area contributed by atoms with E-state index < -0.39 is 18.0 Å². The van der Waals surface area contributed by atoms with Crippen LogP contribution in [0.25, 0.3) is 0 Å². The van der Waals surface area contributed by atoms with Crippen molar-refractivity contribution >= 4 is 17.7 Å². The van der Waals surface area contributed by atoms with Gasteiger partial charge in [0.25, 0.3) is 0 Å². The molecule has 0 heterocycles. The number of aryl methyl sites for hydroxylation is 1. The van der Waals surface area contributed by atoms with Gasteiger partial charge in [-0.2, -0.15) is 0 Å². The number of ether oxygens (including phenoxy) is 1. The first-order valence-corrected chi connectivity index (χ1v) is 6.96. The number of amides is 2. The summed E-state index contributed by atoms with van der Waals surface area (Å²) in [6.45, 7) is 1.90. The van der Waals surface area contributed by atoms with Crippen LogP contribution in [0.4, 0.5) is 10.5 Å². The first kappa shape index (κ1) is 16.4. The largest absolute Gasteiger partial charge is 0.497 e. The third kappa shape index (κ3) is 3.60. The molecule has 6 nitrogen and oxygen atoms in total. The Balaban J connectivity index is 2.53. The van der Waals surface area contributed by atoms with E-state index in [9.17, 15) is 14.7 Å². The summed E-state index contributed by atoms with van der Waals surface area (Å²) in [5, 5.41) is 9.64. The van der Waals surface area contributed by atoms with Gasteiger partial charge in [-0.3, -0.25) is 4.90 Å². The summed E-state index contributed by atoms with van der Waals surface area (Å²) in [6, 6.07) is 11.4. The molecule has 0 aromatic heterocycles. The van der Waals surface area contributed by atoms with Crippen molar-refractivity contribution in [3.63, 3.8) is 0 Å². The van der Waals surface area contributed by atoms with Crippen LogP contribution in [0, 0.1) is 6.92 Å². The maximum absolute atomic E-state index is 11.9. The maximum Gasteiger partial charge on any atom is 0.331 e. The lowest BCUT2D eigenvalue weighted by atomic mass is 10.0. The van der Waals surface area contributed by atoms with E-state index in [0.717, 1.165) is 10.5 Å². The van der Waals surface area contributed by atoms with Gasteiger partial charge in [0, 0.05) is 5.69 Å². The maximum atomic E-state index is 11.9. The molecule has 2 aromatic carbocycles. The van der Waals surface area contributed by atoms with Gasteiger partial charge in [0.2, 0.25) is 0 Å². The Morgan fingerprint density at radius 2 is 1.83 bits per heavy atom. The molecule has 2 rings (SSSR count). The number of hydrogen-bond acceptors (Lipinski definition) is 3. The Hall–Kier alpha value is -3.02. The number of benzene rings is 2. The second-order valence-electron chi connectivity index (χ2n) is 5.06. The lowest BCUT2D eigenvalue weighted by Gasteiger charge is -2.28. The molecule has 0 bridgehead atoms. The van der Waals surface area contributed by atoms with Crippen LogP contribution in [-0.2, 0) is 4.79 Å². The first-order chi connectivity index (χ1) is 10.9.